The van der Waals surface area contributed by atoms with Gasteiger partial charge in [0.15, 0.2) is 11.4 Å². The van der Waals surface area contributed by atoms with Gasteiger partial charge >= 0.3 is 5.97 Å². The summed E-state index contributed by atoms with van der Waals surface area (Å²) in [7, 11) is 0. The van der Waals surface area contributed by atoms with Gasteiger partial charge in [-0.25, -0.2) is 4.79 Å². The highest BCUT2D eigenvalue weighted by Gasteiger charge is 2.17. The van der Waals surface area contributed by atoms with Crippen LogP contribution in [-0.4, -0.2) is 26.0 Å². The lowest BCUT2D eigenvalue weighted by molar-refractivity contribution is 0.0680. The number of carboxylic acid groups (broad SMARTS) is 1. The number of hydrogen-bond donors (Lipinski definition) is 2. The van der Waals surface area contributed by atoms with Crippen molar-refractivity contribution in [3.05, 3.63) is 46.2 Å². The molecule has 0 aliphatic heterocycles. The van der Waals surface area contributed by atoms with Crippen molar-refractivity contribution in [2.45, 2.75) is 6.54 Å². The van der Waals surface area contributed by atoms with Gasteiger partial charge in [0.2, 0.25) is 0 Å². The molecule has 0 unspecified atom stereocenters. The average molecular weight is 297 g/mol. The van der Waals surface area contributed by atoms with Crippen molar-refractivity contribution in [3.63, 3.8) is 0 Å². The first-order chi connectivity index (χ1) is 8.09. The smallest absolute Gasteiger partial charge is 0.358 e. The van der Waals surface area contributed by atoms with Gasteiger partial charge in [-0.1, -0.05) is 34.1 Å². The summed E-state index contributed by atoms with van der Waals surface area (Å²) in [6, 6.07) is 7.43. The Balaban J connectivity index is 2.37. The molecule has 0 saturated carbocycles. The molecule has 0 saturated heterocycles. The monoisotopic (exact) mass is 296 g/mol. The van der Waals surface area contributed by atoms with Crippen molar-refractivity contribution < 1.29 is 15.0 Å². The molecule has 5 nitrogen and oxygen atoms in total. The van der Waals surface area contributed by atoms with E-state index in [1.807, 2.05) is 24.3 Å². The van der Waals surface area contributed by atoms with Crippen LogP contribution in [0.25, 0.3) is 0 Å². The molecule has 1 aromatic heterocycles. The molecular formula is C11H9BrN2O3. The van der Waals surface area contributed by atoms with Gasteiger partial charge in [0.05, 0.1) is 12.7 Å². The maximum Gasteiger partial charge on any atom is 0.358 e. The second-order valence-electron chi connectivity index (χ2n) is 3.43. The van der Waals surface area contributed by atoms with Crippen LogP contribution >= 0.6 is 15.9 Å². The lowest BCUT2D eigenvalue weighted by atomic mass is 10.2. The minimum absolute atomic E-state index is 0.208. The molecule has 2 aromatic rings. The normalized spacial score (nSPS) is 10.4. The maximum absolute atomic E-state index is 10.9. The summed E-state index contributed by atoms with van der Waals surface area (Å²) < 4.78 is 2.11. The van der Waals surface area contributed by atoms with Crippen LogP contribution < -0.4 is 0 Å². The van der Waals surface area contributed by atoms with Crippen molar-refractivity contribution in [3.8, 4) is 5.75 Å². The number of halogens is 1. The highest BCUT2D eigenvalue weighted by Crippen LogP contribution is 2.20. The van der Waals surface area contributed by atoms with Gasteiger partial charge in [0.25, 0.3) is 0 Å². The van der Waals surface area contributed by atoms with E-state index in [-0.39, 0.29) is 18.0 Å². The van der Waals surface area contributed by atoms with E-state index >= 15 is 0 Å². The van der Waals surface area contributed by atoms with Gasteiger partial charge in [0, 0.05) is 4.47 Å². The van der Waals surface area contributed by atoms with Gasteiger partial charge in [-0.3, -0.25) is 4.68 Å². The molecule has 0 bridgehead atoms. The number of rotatable bonds is 3. The fourth-order valence-corrected chi connectivity index (χ4v) is 1.91. The van der Waals surface area contributed by atoms with Crippen molar-refractivity contribution in [1.29, 1.82) is 0 Å². The lowest BCUT2D eigenvalue weighted by Gasteiger charge is -2.06. The Morgan fingerprint density at radius 2 is 2.12 bits per heavy atom. The first-order valence-corrected chi connectivity index (χ1v) is 5.60. The van der Waals surface area contributed by atoms with Crippen molar-refractivity contribution >= 4 is 21.9 Å². The standard InChI is InChI=1S/C11H9BrN2O3/c12-8-4-2-1-3-7(8)6-14-10(11(16)17)9(15)5-13-14/h1-5,15H,6H2,(H,16,17). The van der Waals surface area contributed by atoms with Crippen LogP contribution in [0.1, 0.15) is 16.1 Å². The molecule has 88 valence electrons. The third-order valence-electron chi connectivity index (χ3n) is 2.30. The first-order valence-electron chi connectivity index (χ1n) is 4.81. The number of aromatic hydroxyl groups is 1. The average Bonchev–Trinajstić information content (AvgIpc) is 2.63. The van der Waals surface area contributed by atoms with Crippen LogP contribution in [0.4, 0.5) is 0 Å². The fourth-order valence-electron chi connectivity index (χ4n) is 1.50. The minimum Gasteiger partial charge on any atom is -0.504 e. The van der Waals surface area contributed by atoms with E-state index in [2.05, 4.69) is 21.0 Å². The molecule has 0 amide bonds. The molecule has 0 aliphatic carbocycles. The summed E-state index contributed by atoms with van der Waals surface area (Å²) in [6.45, 7) is 0.281. The van der Waals surface area contributed by atoms with Crippen LogP contribution in [0, 0.1) is 0 Å². The third-order valence-corrected chi connectivity index (χ3v) is 3.07. The first kappa shape index (κ1) is 11.7. The predicted molar refractivity (Wildman–Crippen MR) is 64.1 cm³/mol. The second-order valence-corrected chi connectivity index (χ2v) is 4.29. The summed E-state index contributed by atoms with van der Waals surface area (Å²) >= 11 is 3.37. The van der Waals surface area contributed by atoms with Gasteiger partial charge in [-0.2, -0.15) is 5.10 Å². The van der Waals surface area contributed by atoms with E-state index in [1.54, 1.807) is 0 Å². The number of aromatic carboxylic acids is 1. The molecule has 0 atom stereocenters. The molecule has 1 heterocycles. The van der Waals surface area contributed by atoms with E-state index < -0.39 is 5.97 Å². The fraction of sp³-hybridized carbons (Fsp3) is 0.0909. The molecule has 2 rings (SSSR count). The molecule has 17 heavy (non-hydrogen) atoms. The SMILES string of the molecule is O=C(O)c1c(O)cnn1Cc1ccccc1Br. The number of benzene rings is 1. The van der Waals surface area contributed by atoms with E-state index in [9.17, 15) is 9.90 Å². The predicted octanol–water partition coefficient (Wildman–Crippen LogP) is 2.10. The minimum atomic E-state index is -1.20. The molecule has 6 heteroatoms. The molecule has 1 aromatic carbocycles. The highest BCUT2D eigenvalue weighted by atomic mass is 79.9. The Labute approximate surface area is 105 Å². The zero-order valence-corrected chi connectivity index (χ0v) is 10.3. The van der Waals surface area contributed by atoms with Gasteiger partial charge < -0.3 is 10.2 Å². The molecule has 0 radical (unpaired) electrons. The number of carbonyl (C=O) groups is 1. The summed E-state index contributed by atoms with van der Waals surface area (Å²) in [6.07, 6.45) is 1.13. The summed E-state index contributed by atoms with van der Waals surface area (Å²) in [5.74, 6) is -1.53. The Kier molecular flexibility index (Phi) is 3.14. The molecule has 2 N–H and O–H groups in total. The van der Waals surface area contributed by atoms with Crippen LogP contribution in [0.15, 0.2) is 34.9 Å². The van der Waals surface area contributed by atoms with E-state index in [0.29, 0.717) is 0 Å². The van der Waals surface area contributed by atoms with Crippen molar-refractivity contribution in [2.75, 3.05) is 0 Å². The topological polar surface area (TPSA) is 75.3 Å². The van der Waals surface area contributed by atoms with Crippen LogP contribution in [0.2, 0.25) is 0 Å². The van der Waals surface area contributed by atoms with E-state index in [0.717, 1.165) is 16.2 Å². The Morgan fingerprint density at radius 3 is 2.76 bits per heavy atom. The Bertz CT molecular complexity index is 566. The van der Waals surface area contributed by atoms with E-state index in [1.165, 1.54) is 4.68 Å². The van der Waals surface area contributed by atoms with Crippen molar-refractivity contribution in [1.82, 2.24) is 9.78 Å². The highest BCUT2D eigenvalue weighted by molar-refractivity contribution is 9.10. The molecule has 0 spiro atoms. The summed E-state index contributed by atoms with van der Waals surface area (Å²) in [4.78, 5) is 10.9. The number of nitrogens with zero attached hydrogens (tertiary/aromatic N) is 2. The second kappa shape index (κ2) is 4.58. The number of hydrogen-bond acceptors (Lipinski definition) is 3. The largest absolute Gasteiger partial charge is 0.504 e. The van der Waals surface area contributed by atoms with Crippen LogP contribution in [-0.2, 0) is 6.54 Å². The zero-order chi connectivity index (χ0) is 12.4. The third kappa shape index (κ3) is 2.31. The maximum atomic E-state index is 10.9. The van der Waals surface area contributed by atoms with Crippen LogP contribution in [0.3, 0.4) is 0 Å². The van der Waals surface area contributed by atoms with Crippen LogP contribution in [0.5, 0.6) is 5.75 Å². The number of carboxylic acids is 1. The quantitative estimate of drug-likeness (QED) is 0.909. The van der Waals surface area contributed by atoms with Crippen molar-refractivity contribution in [2.24, 2.45) is 0 Å². The van der Waals surface area contributed by atoms with E-state index in [4.69, 9.17) is 5.11 Å². The molecule has 0 fully saturated rings. The van der Waals surface area contributed by atoms with Gasteiger partial charge in [-0.15, -0.1) is 0 Å². The van der Waals surface area contributed by atoms with Gasteiger partial charge in [0.1, 0.15) is 0 Å². The summed E-state index contributed by atoms with van der Waals surface area (Å²) in [5, 5.41) is 22.2. The molecular weight excluding hydrogens is 288 g/mol. The summed E-state index contributed by atoms with van der Waals surface area (Å²) in [5.41, 5.74) is 0.679. The molecule has 0 aliphatic rings. The Morgan fingerprint density at radius 1 is 1.41 bits per heavy atom. The van der Waals surface area contributed by atoms with Gasteiger partial charge in [-0.05, 0) is 11.6 Å². The number of aromatic nitrogens is 2. The Hall–Kier alpha value is -1.82. The zero-order valence-electron chi connectivity index (χ0n) is 8.67. The lowest BCUT2D eigenvalue weighted by Crippen LogP contribution is -2.11.